The molecule has 1 saturated carbocycles. The number of fused-ring (bicyclic) bond motifs is 1. The number of halogens is 2. The molecule has 0 atom stereocenters. The number of aromatic carboxylic acids is 1. The van der Waals surface area contributed by atoms with Crippen molar-refractivity contribution in [1.82, 2.24) is 9.55 Å². The molecule has 39 heavy (non-hydrogen) atoms. The van der Waals surface area contributed by atoms with Crippen LogP contribution < -0.4 is 4.74 Å². The first kappa shape index (κ1) is 25.5. The smallest absolute Gasteiger partial charge is 0.335 e. The standard InChI is InChI=1S/C32H26Cl2N2O3/c33-25-10-3-20(4-11-25)30(21-5-12-26(34)13-6-21)24-9-16-28-29(19-24)36(31(35-28)22-1-2-22)17-18-39-27-14-7-23(8-15-27)32(37)38/h3-16,19,22,30H,1-2,17-18H2,(H,37,38). The van der Waals surface area contributed by atoms with Crippen molar-refractivity contribution in [2.45, 2.75) is 31.2 Å². The van der Waals surface area contributed by atoms with E-state index >= 15 is 0 Å². The number of hydrogen-bond acceptors (Lipinski definition) is 3. The van der Waals surface area contributed by atoms with Gasteiger partial charge in [0, 0.05) is 21.9 Å². The van der Waals surface area contributed by atoms with Crippen LogP contribution in [-0.4, -0.2) is 27.2 Å². The number of ether oxygens (including phenoxy) is 1. The average molecular weight is 557 g/mol. The Hall–Kier alpha value is -3.80. The molecule has 7 heteroatoms. The minimum Gasteiger partial charge on any atom is -0.492 e. The van der Waals surface area contributed by atoms with Crippen molar-refractivity contribution >= 4 is 40.2 Å². The second kappa shape index (κ2) is 10.8. The Morgan fingerprint density at radius 1 is 0.872 bits per heavy atom. The third-order valence-corrected chi connectivity index (χ3v) is 7.67. The molecule has 0 amide bonds. The van der Waals surface area contributed by atoms with Gasteiger partial charge in [0.2, 0.25) is 0 Å². The van der Waals surface area contributed by atoms with Crippen molar-refractivity contribution in [3.05, 3.63) is 129 Å². The zero-order valence-electron chi connectivity index (χ0n) is 21.1. The van der Waals surface area contributed by atoms with Crippen LogP contribution in [0, 0.1) is 0 Å². The Morgan fingerprint density at radius 3 is 2.03 bits per heavy atom. The molecule has 5 aromatic rings. The minimum atomic E-state index is -0.952. The van der Waals surface area contributed by atoms with E-state index in [4.69, 9.17) is 38.0 Å². The Bertz CT molecular complexity index is 1580. The van der Waals surface area contributed by atoms with Gasteiger partial charge < -0.3 is 14.4 Å². The number of carbonyl (C=O) groups is 1. The number of nitrogens with zero attached hydrogens (tertiary/aromatic N) is 2. The van der Waals surface area contributed by atoms with E-state index in [1.165, 1.54) is 0 Å². The van der Waals surface area contributed by atoms with E-state index in [2.05, 4.69) is 47.0 Å². The molecule has 196 valence electrons. The third-order valence-electron chi connectivity index (χ3n) is 7.17. The van der Waals surface area contributed by atoms with Crippen molar-refractivity contribution in [3.8, 4) is 5.75 Å². The second-order valence-corrected chi connectivity index (χ2v) is 10.7. The molecule has 1 heterocycles. The number of carboxylic acids is 1. The van der Waals surface area contributed by atoms with E-state index in [1.807, 2.05) is 24.3 Å². The molecule has 0 radical (unpaired) electrons. The van der Waals surface area contributed by atoms with Gasteiger partial charge in [0.05, 0.1) is 23.1 Å². The lowest BCUT2D eigenvalue weighted by molar-refractivity contribution is 0.0697. The summed E-state index contributed by atoms with van der Waals surface area (Å²) in [5, 5.41) is 10.5. The molecule has 1 fully saturated rings. The van der Waals surface area contributed by atoms with Gasteiger partial charge in [-0.2, -0.15) is 0 Å². The van der Waals surface area contributed by atoms with Crippen molar-refractivity contribution in [1.29, 1.82) is 0 Å². The maximum absolute atomic E-state index is 11.1. The van der Waals surface area contributed by atoms with Crippen LogP contribution in [0.25, 0.3) is 11.0 Å². The topological polar surface area (TPSA) is 64.3 Å². The predicted octanol–water partition coefficient (Wildman–Crippen LogP) is 8.18. The summed E-state index contributed by atoms with van der Waals surface area (Å²) in [6.45, 7) is 1.08. The zero-order chi connectivity index (χ0) is 26.9. The van der Waals surface area contributed by atoms with E-state index in [0.29, 0.717) is 34.9 Å². The Balaban J connectivity index is 1.34. The van der Waals surface area contributed by atoms with E-state index in [0.717, 1.165) is 46.4 Å². The van der Waals surface area contributed by atoms with Gasteiger partial charge in [-0.1, -0.05) is 53.5 Å². The third kappa shape index (κ3) is 5.51. The van der Waals surface area contributed by atoms with Crippen LogP contribution in [0.5, 0.6) is 5.75 Å². The molecule has 1 aromatic heterocycles. The Labute approximate surface area is 236 Å². The maximum atomic E-state index is 11.1. The molecule has 1 aliphatic carbocycles. The molecule has 1 N–H and O–H groups in total. The lowest BCUT2D eigenvalue weighted by atomic mass is 9.85. The molecule has 4 aromatic carbocycles. The van der Waals surface area contributed by atoms with Gasteiger partial charge in [0.25, 0.3) is 0 Å². The molecule has 0 unspecified atom stereocenters. The normalized spacial score (nSPS) is 13.2. The van der Waals surface area contributed by atoms with Crippen LogP contribution in [0.2, 0.25) is 10.0 Å². The van der Waals surface area contributed by atoms with Gasteiger partial charge in [0.1, 0.15) is 18.2 Å². The fraction of sp³-hybridized carbons (Fsp3) is 0.188. The molecular formula is C32H26Cl2N2O3. The van der Waals surface area contributed by atoms with E-state index in [1.54, 1.807) is 24.3 Å². The fourth-order valence-corrected chi connectivity index (χ4v) is 5.31. The van der Waals surface area contributed by atoms with E-state index < -0.39 is 5.97 Å². The Morgan fingerprint density at radius 2 is 1.46 bits per heavy atom. The first-order chi connectivity index (χ1) is 19.0. The van der Waals surface area contributed by atoms with Crippen molar-refractivity contribution in [2.24, 2.45) is 0 Å². The highest BCUT2D eigenvalue weighted by atomic mass is 35.5. The molecule has 1 aliphatic rings. The monoisotopic (exact) mass is 556 g/mol. The van der Waals surface area contributed by atoms with Crippen LogP contribution in [0.3, 0.4) is 0 Å². The van der Waals surface area contributed by atoms with Crippen LogP contribution in [-0.2, 0) is 6.54 Å². The SMILES string of the molecule is O=C(O)c1ccc(OCCn2c(C3CC3)nc3ccc(C(c4ccc(Cl)cc4)c4ccc(Cl)cc4)cc32)cc1. The summed E-state index contributed by atoms with van der Waals surface area (Å²) < 4.78 is 8.27. The summed E-state index contributed by atoms with van der Waals surface area (Å²) in [5.41, 5.74) is 5.72. The maximum Gasteiger partial charge on any atom is 0.335 e. The van der Waals surface area contributed by atoms with Crippen molar-refractivity contribution in [2.75, 3.05) is 6.61 Å². The number of benzene rings is 4. The van der Waals surface area contributed by atoms with Crippen LogP contribution in [0.15, 0.2) is 91.0 Å². The number of imidazole rings is 1. The predicted molar refractivity (Wildman–Crippen MR) is 154 cm³/mol. The summed E-state index contributed by atoms with van der Waals surface area (Å²) >= 11 is 12.4. The van der Waals surface area contributed by atoms with Gasteiger partial charge in [0.15, 0.2) is 0 Å². The minimum absolute atomic E-state index is 0.000609. The lowest BCUT2D eigenvalue weighted by Crippen LogP contribution is -2.11. The van der Waals surface area contributed by atoms with Crippen LogP contribution in [0.1, 0.15) is 57.6 Å². The van der Waals surface area contributed by atoms with Crippen molar-refractivity contribution < 1.29 is 14.6 Å². The Kier molecular flexibility index (Phi) is 7.03. The molecule has 0 spiro atoms. The molecule has 0 bridgehead atoms. The highest BCUT2D eigenvalue weighted by molar-refractivity contribution is 6.30. The highest BCUT2D eigenvalue weighted by Crippen LogP contribution is 2.41. The quantitative estimate of drug-likeness (QED) is 0.186. The van der Waals surface area contributed by atoms with Gasteiger partial charge in [-0.3, -0.25) is 0 Å². The summed E-state index contributed by atoms with van der Waals surface area (Å²) in [4.78, 5) is 16.1. The summed E-state index contributed by atoms with van der Waals surface area (Å²) in [5.74, 6) is 1.26. The fourth-order valence-electron chi connectivity index (χ4n) is 5.06. The first-order valence-electron chi connectivity index (χ1n) is 12.9. The van der Waals surface area contributed by atoms with Crippen molar-refractivity contribution in [3.63, 3.8) is 0 Å². The number of aromatic nitrogens is 2. The summed E-state index contributed by atoms with van der Waals surface area (Å²) in [6, 6.07) is 29.0. The molecular weight excluding hydrogens is 531 g/mol. The number of hydrogen-bond donors (Lipinski definition) is 1. The summed E-state index contributed by atoms with van der Waals surface area (Å²) in [6.07, 6.45) is 2.29. The second-order valence-electron chi connectivity index (χ2n) is 9.86. The van der Waals surface area contributed by atoms with E-state index in [9.17, 15) is 4.79 Å². The molecule has 5 nitrogen and oxygen atoms in total. The molecule has 6 rings (SSSR count). The first-order valence-corrected chi connectivity index (χ1v) is 13.7. The van der Waals surface area contributed by atoms with Crippen LogP contribution >= 0.6 is 23.2 Å². The van der Waals surface area contributed by atoms with Crippen LogP contribution in [0.4, 0.5) is 0 Å². The zero-order valence-corrected chi connectivity index (χ0v) is 22.6. The van der Waals surface area contributed by atoms with E-state index in [-0.39, 0.29) is 11.5 Å². The lowest BCUT2D eigenvalue weighted by Gasteiger charge is -2.20. The van der Waals surface area contributed by atoms with Gasteiger partial charge >= 0.3 is 5.97 Å². The summed E-state index contributed by atoms with van der Waals surface area (Å²) in [7, 11) is 0. The number of carboxylic acid groups (broad SMARTS) is 1. The molecule has 0 saturated heterocycles. The van der Waals surface area contributed by atoms with Gasteiger partial charge in [-0.25, -0.2) is 9.78 Å². The number of rotatable bonds is 9. The average Bonchev–Trinajstić information content (AvgIpc) is 3.73. The molecule has 0 aliphatic heterocycles. The van der Waals surface area contributed by atoms with Gasteiger partial charge in [-0.15, -0.1) is 0 Å². The van der Waals surface area contributed by atoms with Gasteiger partial charge in [-0.05, 0) is 90.2 Å². The largest absolute Gasteiger partial charge is 0.492 e. The highest BCUT2D eigenvalue weighted by Gasteiger charge is 2.30.